The van der Waals surface area contributed by atoms with Crippen LogP contribution in [0.1, 0.15) is 5.56 Å². The fourth-order valence-corrected chi connectivity index (χ4v) is 3.60. The Labute approximate surface area is 193 Å². The summed E-state index contributed by atoms with van der Waals surface area (Å²) in [7, 11) is 1.38. The van der Waals surface area contributed by atoms with Crippen molar-refractivity contribution in [2.75, 3.05) is 11.9 Å². The number of nitrogens with zero attached hydrogens (tertiary/aromatic N) is 5. The molecule has 1 aliphatic heterocycles. The maximum absolute atomic E-state index is 14.1. The highest BCUT2D eigenvalue weighted by Crippen LogP contribution is 2.42. The molecule has 0 fully saturated rings. The molecule has 3 heterocycles. The third-order valence-corrected chi connectivity index (χ3v) is 5.27. The number of halogens is 3. The lowest BCUT2D eigenvalue weighted by molar-refractivity contribution is -0.286. The Bertz CT molecular complexity index is 1610. The van der Waals surface area contributed by atoms with Crippen molar-refractivity contribution in [3.05, 3.63) is 64.5 Å². The number of likely N-dealkylation sites (N-methyl/N-ethyl adjacent to an activating group) is 1. The number of nitriles is 1. The minimum absolute atomic E-state index is 0.0383. The van der Waals surface area contributed by atoms with E-state index in [1.807, 2.05) is 6.07 Å². The van der Waals surface area contributed by atoms with Gasteiger partial charge >= 0.3 is 6.29 Å². The third-order valence-electron chi connectivity index (χ3n) is 5.27. The largest absolute Gasteiger partial charge is 0.586 e. The van der Waals surface area contributed by atoms with E-state index >= 15 is 0 Å². The van der Waals surface area contributed by atoms with E-state index in [1.165, 1.54) is 37.6 Å². The van der Waals surface area contributed by atoms with E-state index in [-0.39, 0.29) is 45.0 Å². The first-order valence-corrected chi connectivity index (χ1v) is 9.97. The molecule has 35 heavy (non-hydrogen) atoms. The van der Waals surface area contributed by atoms with Gasteiger partial charge in [-0.25, -0.2) is 14.1 Å². The summed E-state index contributed by atoms with van der Waals surface area (Å²) in [6.45, 7) is -0.545. The molecule has 0 spiro atoms. The van der Waals surface area contributed by atoms with Crippen LogP contribution in [0.5, 0.6) is 11.5 Å². The molecule has 1 N–H and O–H groups in total. The van der Waals surface area contributed by atoms with Crippen LogP contribution in [0.2, 0.25) is 0 Å². The number of amides is 1. The summed E-state index contributed by atoms with van der Waals surface area (Å²) in [4.78, 5) is 33.7. The van der Waals surface area contributed by atoms with E-state index < -0.39 is 30.1 Å². The van der Waals surface area contributed by atoms with Gasteiger partial charge in [0.1, 0.15) is 18.1 Å². The predicted molar refractivity (Wildman–Crippen MR) is 114 cm³/mol. The minimum Gasteiger partial charge on any atom is -0.395 e. The first-order chi connectivity index (χ1) is 16.6. The van der Waals surface area contributed by atoms with Crippen LogP contribution in [0.4, 0.5) is 18.9 Å². The van der Waals surface area contributed by atoms with Gasteiger partial charge in [-0.3, -0.25) is 9.59 Å². The van der Waals surface area contributed by atoms with E-state index in [0.717, 1.165) is 21.7 Å². The molecule has 0 unspecified atom stereocenters. The van der Waals surface area contributed by atoms with Gasteiger partial charge in [-0.15, -0.1) is 8.78 Å². The van der Waals surface area contributed by atoms with Crippen LogP contribution in [0.3, 0.4) is 0 Å². The SMILES string of the molecule is CN(C(=O)Cn1nc(-c2cc(F)cc(C#N)c2)c2[nH]cnc2c1=O)c1ccc2c(c1)OC(F)(F)O2. The van der Waals surface area contributed by atoms with Crippen molar-refractivity contribution >= 4 is 22.6 Å². The number of hydrogen-bond acceptors (Lipinski definition) is 7. The van der Waals surface area contributed by atoms with Gasteiger partial charge in [0.05, 0.1) is 23.5 Å². The number of H-pyrrole nitrogens is 1. The highest BCUT2D eigenvalue weighted by atomic mass is 19.3. The number of carbonyl (C=O) groups excluding carboxylic acids is 1. The second kappa shape index (κ2) is 7.87. The third kappa shape index (κ3) is 3.90. The van der Waals surface area contributed by atoms with E-state index in [2.05, 4.69) is 24.5 Å². The van der Waals surface area contributed by atoms with Gasteiger partial charge in [0.25, 0.3) is 5.56 Å². The molecule has 0 saturated carbocycles. The number of aromatic nitrogens is 4. The first-order valence-electron chi connectivity index (χ1n) is 9.97. The number of hydrogen-bond donors (Lipinski definition) is 1. The fourth-order valence-electron chi connectivity index (χ4n) is 3.60. The summed E-state index contributed by atoms with van der Waals surface area (Å²) in [5.74, 6) is -1.74. The van der Waals surface area contributed by atoms with Crippen molar-refractivity contribution in [2.24, 2.45) is 0 Å². The molecule has 2 aromatic carbocycles. The molecule has 4 aromatic rings. The average molecular weight is 482 g/mol. The molecule has 0 atom stereocenters. The number of imidazole rings is 1. The number of nitrogens with one attached hydrogen (secondary N) is 1. The van der Waals surface area contributed by atoms with Crippen LogP contribution in [-0.2, 0) is 11.3 Å². The van der Waals surface area contributed by atoms with Crippen LogP contribution < -0.4 is 19.9 Å². The van der Waals surface area contributed by atoms with E-state index in [0.29, 0.717) is 0 Å². The van der Waals surface area contributed by atoms with E-state index in [9.17, 15) is 22.8 Å². The summed E-state index contributed by atoms with van der Waals surface area (Å²) in [6, 6.07) is 9.20. The highest BCUT2D eigenvalue weighted by Gasteiger charge is 2.43. The Morgan fingerprint density at radius 3 is 2.77 bits per heavy atom. The van der Waals surface area contributed by atoms with Gasteiger partial charge in [-0.1, -0.05) is 0 Å². The number of anilines is 1. The number of fused-ring (bicyclic) bond motifs is 2. The number of alkyl halides is 2. The van der Waals surface area contributed by atoms with Crippen molar-refractivity contribution in [3.63, 3.8) is 0 Å². The Kier molecular flexibility index (Phi) is 4.94. The first kappa shape index (κ1) is 22.0. The second-order valence-electron chi connectivity index (χ2n) is 7.53. The van der Waals surface area contributed by atoms with Crippen molar-refractivity contribution in [2.45, 2.75) is 12.8 Å². The molecule has 176 valence electrons. The zero-order valence-electron chi connectivity index (χ0n) is 17.8. The van der Waals surface area contributed by atoms with Crippen molar-refractivity contribution in [1.82, 2.24) is 19.7 Å². The fraction of sp³-hybridized carbons (Fsp3) is 0.136. The lowest BCUT2D eigenvalue weighted by Crippen LogP contribution is -2.35. The molecule has 0 aliphatic carbocycles. The van der Waals surface area contributed by atoms with Gasteiger partial charge in [-0.2, -0.15) is 10.4 Å². The molecular weight excluding hydrogens is 469 g/mol. The summed E-state index contributed by atoms with van der Waals surface area (Å²) < 4.78 is 50.2. The van der Waals surface area contributed by atoms with Crippen LogP contribution in [-0.4, -0.2) is 39.0 Å². The number of aromatic amines is 1. The average Bonchev–Trinajstić information content (AvgIpc) is 3.42. The van der Waals surface area contributed by atoms with Crippen LogP contribution >= 0.6 is 0 Å². The van der Waals surface area contributed by atoms with Gasteiger partial charge in [0.15, 0.2) is 17.0 Å². The zero-order chi connectivity index (χ0) is 24.9. The van der Waals surface area contributed by atoms with Crippen LogP contribution in [0, 0.1) is 17.1 Å². The Balaban J connectivity index is 1.50. The molecule has 1 aliphatic rings. The maximum Gasteiger partial charge on any atom is 0.586 e. The second-order valence-corrected chi connectivity index (χ2v) is 7.53. The zero-order valence-corrected chi connectivity index (χ0v) is 17.8. The molecule has 2 aromatic heterocycles. The minimum atomic E-state index is -3.81. The van der Waals surface area contributed by atoms with Gasteiger partial charge in [-0.05, 0) is 30.3 Å². The van der Waals surface area contributed by atoms with Crippen LogP contribution in [0.25, 0.3) is 22.3 Å². The summed E-state index contributed by atoms with van der Waals surface area (Å²) >= 11 is 0. The number of carbonyl (C=O) groups is 1. The van der Waals surface area contributed by atoms with E-state index in [4.69, 9.17) is 5.26 Å². The molecule has 5 rings (SSSR count). The molecule has 13 heteroatoms. The molecular formula is C22H13F3N6O4. The highest BCUT2D eigenvalue weighted by molar-refractivity contribution is 5.93. The van der Waals surface area contributed by atoms with E-state index in [1.54, 1.807) is 0 Å². The Hall–Kier alpha value is -4.86. The van der Waals surface area contributed by atoms with Crippen LogP contribution in [0.15, 0.2) is 47.5 Å². The quantitative estimate of drug-likeness (QED) is 0.474. The summed E-state index contributed by atoms with van der Waals surface area (Å²) in [5.41, 5.74) is 0.0195. The molecule has 0 radical (unpaired) electrons. The molecule has 1 amide bonds. The Morgan fingerprint density at radius 2 is 2.00 bits per heavy atom. The predicted octanol–water partition coefficient (Wildman–Crippen LogP) is 2.78. The molecule has 10 nitrogen and oxygen atoms in total. The van der Waals surface area contributed by atoms with Gasteiger partial charge in [0, 0.05) is 24.4 Å². The Morgan fingerprint density at radius 1 is 1.23 bits per heavy atom. The normalized spacial score (nSPS) is 13.6. The number of rotatable bonds is 4. The van der Waals surface area contributed by atoms with Gasteiger partial charge in [0.2, 0.25) is 5.91 Å². The molecule has 0 saturated heterocycles. The van der Waals surface area contributed by atoms with Crippen molar-refractivity contribution in [3.8, 4) is 28.8 Å². The number of ether oxygens (including phenoxy) is 2. The standard InChI is InChI=1S/C22H13F3N6O4/c1-30(14-2-3-15-16(7-14)35-22(24,25)34-15)17(32)9-31-21(33)20-19(27-10-28-20)18(29-31)12-4-11(8-26)5-13(23)6-12/h2-7,10H,9H2,1H3,(H,27,28). The summed E-state index contributed by atoms with van der Waals surface area (Å²) in [5, 5.41) is 13.4. The lowest BCUT2D eigenvalue weighted by atomic mass is 10.1. The smallest absolute Gasteiger partial charge is 0.395 e. The maximum atomic E-state index is 14.1. The van der Waals surface area contributed by atoms with Crippen molar-refractivity contribution < 1.29 is 27.4 Å². The molecule has 0 bridgehead atoms. The summed E-state index contributed by atoms with van der Waals surface area (Å²) in [6.07, 6.45) is -2.55. The van der Waals surface area contributed by atoms with Crippen molar-refractivity contribution in [1.29, 1.82) is 5.26 Å². The van der Waals surface area contributed by atoms with Gasteiger partial charge < -0.3 is 19.4 Å². The lowest BCUT2D eigenvalue weighted by Gasteiger charge is -2.18. The topological polar surface area (TPSA) is 126 Å². The monoisotopic (exact) mass is 482 g/mol. The number of benzene rings is 2.